The van der Waals surface area contributed by atoms with Crippen LogP contribution in [-0.4, -0.2) is 22.6 Å². The van der Waals surface area contributed by atoms with Gasteiger partial charge in [-0.3, -0.25) is 0 Å². The number of nitrogens with one attached hydrogen (secondary N) is 1. The fraction of sp³-hybridized carbons (Fsp3) is 0.562. The van der Waals surface area contributed by atoms with Gasteiger partial charge >= 0.3 is 0 Å². The fourth-order valence-electron chi connectivity index (χ4n) is 3.30. The Balaban J connectivity index is 2.02. The van der Waals surface area contributed by atoms with Gasteiger partial charge in [0, 0.05) is 6.04 Å². The highest BCUT2D eigenvalue weighted by atomic mass is 15.1. The monoisotopic (exact) mass is 257 g/mol. The van der Waals surface area contributed by atoms with Gasteiger partial charge in [-0.2, -0.15) is 0 Å². The van der Waals surface area contributed by atoms with E-state index in [2.05, 4.69) is 48.9 Å². The van der Waals surface area contributed by atoms with Crippen LogP contribution in [0.2, 0.25) is 0 Å². The minimum absolute atomic E-state index is 0.467. The van der Waals surface area contributed by atoms with Crippen molar-refractivity contribution in [1.82, 2.24) is 14.9 Å². The lowest BCUT2D eigenvalue weighted by atomic mass is 9.90. The van der Waals surface area contributed by atoms with Crippen LogP contribution < -0.4 is 5.32 Å². The van der Waals surface area contributed by atoms with Gasteiger partial charge in [0.1, 0.15) is 5.82 Å². The fourth-order valence-corrected chi connectivity index (χ4v) is 3.30. The number of aromatic nitrogens is 2. The second kappa shape index (κ2) is 4.97. The van der Waals surface area contributed by atoms with Gasteiger partial charge in [-0.1, -0.05) is 6.07 Å². The van der Waals surface area contributed by atoms with Crippen LogP contribution in [0.5, 0.6) is 0 Å². The summed E-state index contributed by atoms with van der Waals surface area (Å²) in [5.74, 6) is 1.82. The zero-order valence-electron chi connectivity index (χ0n) is 12.1. The molecular weight excluding hydrogens is 234 g/mol. The predicted octanol–water partition coefficient (Wildman–Crippen LogP) is 3.39. The van der Waals surface area contributed by atoms with Crippen LogP contribution in [-0.2, 0) is 0 Å². The van der Waals surface area contributed by atoms with Crippen LogP contribution in [0.25, 0.3) is 11.0 Å². The molecule has 3 rings (SSSR count). The van der Waals surface area contributed by atoms with Crippen molar-refractivity contribution in [3.63, 3.8) is 0 Å². The number of aryl methyl sites for hydroxylation is 1. The molecule has 0 aliphatic carbocycles. The Morgan fingerprint density at radius 3 is 2.68 bits per heavy atom. The standard InChI is InChI=1S/C16H23N3/c1-11(2)19-12(3)18-15-10-14(4-5-16(15)19)13-6-8-17-9-7-13/h4-5,10-11,13,17H,6-9H2,1-3H3. The van der Waals surface area contributed by atoms with Gasteiger partial charge in [-0.15, -0.1) is 0 Å². The molecule has 0 spiro atoms. The van der Waals surface area contributed by atoms with E-state index in [4.69, 9.17) is 4.98 Å². The molecule has 1 aliphatic heterocycles. The van der Waals surface area contributed by atoms with Crippen molar-refractivity contribution >= 4 is 11.0 Å². The highest BCUT2D eigenvalue weighted by Gasteiger charge is 2.17. The molecule has 0 unspecified atom stereocenters. The topological polar surface area (TPSA) is 29.9 Å². The van der Waals surface area contributed by atoms with E-state index >= 15 is 0 Å². The van der Waals surface area contributed by atoms with Gasteiger partial charge in [0.25, 0.3) is 0 Å². The molecule has 1 aliphatic rings. The molecule has 0 atom stereocenters. The van der Waals surface area contributed by atoms with Crippen molar-refractivity contribution in [3.05, 3.63) is 29.6 Å². The maximum Gasteiger partial charge on any atom is 0.106 e. The summed E-state index contributed by atoms with van der Waals surface area (Å²) in [6.07, 6.45) is 2.49. The molecule has 3 nitrogen and oxygen atoms in total. The summed E-state index contributed by atoms with van der Waals surface area (Å²) in [4.78, 5) is 4.74. The van der Waals surface area contributed by atoms with Gasteiger partial charge in [0.2, 0.25) is 0 Å². The number of fused-ring (bicyclic) bond motifs is 1. The molecule has 1 aromatic heterocycles. The number of hydrogen-bond acceptors (Lipinski definition) is 2. The minimum atomic E-state index is 0.467. The molecule has 102 valence electrons. The van der Waals surface area contributed by atoms with Crippen molar-refractivity contribution in [2.45, 2.75) is 45.6 Å². The van der Waals surface area contributed by atoms with Gasteiger partial charge in [0.05, 0.1) is 11.0 Å². The van der Waals surface area contributed by atoms with Crippen LogP contribution >= 0.6 is 0 Å². The lowest BCUT2D eigenvalue weighted by Gasteiger charge is -2.23. The molecule has 1 aromatic carbocycles. The third-order valence-electron chi connectivity index (χ3n) is 4.22. The Bertz CT molecular complexity index is 577. The van der Waals surface area contributed by atoms with Crippen LogP contribution in [0.3, 0.4) is 0 Å². The van der Waals surface area contributed by atoms with Crippen molar-refractivity contribution in [1.29, 1.82) is 0 Å². The largest absolute Gasteiger partial charge is 0.326 e. The summed E-state index contributed by atoms with van der Waals surface area (Å²) >= 11 is 0. The van der Waals surface area contributed by atoms with E-state index in [1.54, 1.807) is 0 Å². The SMILES string of the molecule is Cc1nc2cc(C3CCNCC3)ccc2n1C(C)C. The van der Waals surface area contributed by atoms with E-state index in [-0.39, 0.29) is 0 Å². The van der Waals surface area contributed by atoms with Gasteiger partial charge < -0.3 is 9.88 Å². The number of rotatable bonds is 2. The number of nitrogens with zero attached hydrogens (tertiary/aromatic N) is 2. The number of hydrogen-bond donors (Lipinski definition) is 1. The Morgan fingerprint density at radius 2 is 2.00 bits per heavy atom. The van der Waals surface area contributed by atoms with Crippen molar-refractivity contribution in [2.75, 3.05) is 13.1 Å². The summed E-state index contributed by atoms with van der Waals surface area (Å²) in [5, 5.41) is 3.43. The zero-order valence-corrected chi connectivity index (χ0v) is 12.1. The second-order valence-electron chi connectivity index (χ2n) is 5.90. The van der Waals surface area contributed by atoms with Gasteiger partial charge in [-0.05, 0) is 70.3 Å². The molecule has 1 saturated heterocycles. The van der Waals surface area contributed by atoms with Crippen LogP contribution in [0.4, 0.5) is 0 Å². The first-order chi connectivity index (χ1) is 9.16. The maximum atomic E-state index is 4.74. The van der Waals surface area contributed by atoms with Crippen LogP contribution in [0.1, 0.15) is 50.0 Å². The Hall–Kier alpha value is -1.35. The molecule has 2 heterocycles. The third-order valence-corrected chi connectivity index (χ3v) is 4.22. The summed E-state index contributed by atoms with van der Waals surface area (Å²) < 4.78 is 2.32. The normalized spacial score (nSPS) is 17.5. The Labute approximate surface area is 115 Å². The molecule has 0 bridgehead atoms. The maximum absolute atomic E-state index is 4.74. The zero-order chi connectivity index (χ0) is 13.4. The van der Waals surface area contributed by atoms with E-state index < -0.39 is 0 Å². The molecule has 2 aromatic rings. The van der Waals surface area contributed by atoms with Gasteiger partial charge in [-0.25, -0.2) is 4.98 Å². The number of benzene rings is 1. The summed E-state index contributed by atoms with van der Waals surface area (Å²) in [6, 6.07) is 7.33. The van der Waals surface area contributed by atoms with E-state index in [1.807, 2.05) is 0 Å². The van der Waals surface area contributed by atoms with E-state index in [0.717, 1.165) is 24.4 Å². The molecule has 1 N–H and O–H groups in total. The number of imidazole rings is 1. The van der Waals surface area contributed by atoms with Crippen LogP contribution in [0.15, 0.2) is 18.2 Å². The molecule has 19 heavy (non-hydrogen) atoms. The second-order valence-corrected chi connectivity index (χ2v) is 5.90. The van der Waals surface area contributed by atoms with E-state index in [1.165, 1.54) is 23.9 Å². The van der Waals surface area contributed by atoms with Crippen molar-refractivity contribution in [3.8, 4) is 0 Å². The Kier molecular flexibility index (Phi) is 3.31. The first-order valence-corrected chi connectivity index (χ1v) is 7.36. The molecule has 3 heteroatoms. The van der Waals surface area contributed by atoms with Crippen molar-refractivity contribution < 1.29 is 0 Å². The lowest BCUT2D eigenvalue weighted by molar-refractivity contribution is 0.460. The molecular formula is C16H23N3. The highest BCUT2D eigenvalue weighted by Crippen LogP contribution is 2.29. The van der Waals surface area contributed by atoms with E-state index in [9.17, 15) is 0 Å². The van der Waals surface area contributed by atoms with E-state index in [0.29, 0.717) is 12.0 Å². The highest BCUT2D eigenvalue weighted by molar-refractivity contribution is 5.77. The minimum Gasteiger partial charge on any atom is -0.326 e. The summed E-state index contributed by atoms with van der Waals surface area (Å²) in [5.41, 5.74) is 3.88. The quantitative estimate of drug-likeness (QED) is 0.893. The van der Waals surface area contributed by atoms with Gasteiger partial charge in [0.15, 0.2) is 0 Å². The molecule has 1 fully saturated rings. The predicted molar refractivity (Wildman–Crippen MR) is 79.7 cm³/mol. The molecule has 0 radical (unpaired) electrons. The lowest BCUT2D eigenvalue weighted by Crippen LogP contribution is -2.26. The van der Waals surface area contributed by atoms with Crippen LogP contribution in [0, 0.1) is 6.92 Å². The first-order valence-electron chi connectivity index (χ1n) is 7.36. The summed E-state index contributed by atoms with van der Waals surface area (Å²) in [6.45, 7) is 8.82. The molecule has 0 saturated carbocycles. The number of piperidine rings is 1. The average molecular weight is 257 g/mol. The summed E-state index contributed by atoms with van der Waals surface area (Å²) in [7, 11) is 0. The smallest absolute Gasteiger partial charge is 0.106 e. The van der Waals surface area contributed by atoms with Crippen molar-refractivity contribution in [2.24, 2.45) is 0 Å². The average Bonchev–Trinajstić information content (AvgIpc) is 2.74. The molecule has 0 amide bonds. The Morgan fingerprint density at radius 1 is 1.26 bits per heavy atom. The third kappa shape index (κ3) is 2.27. The first kappa shape index (κ1) is 12.7.